The zero-order chi connectivity index (χ0) is 12.0. The third-order valence-corrected chi connectivity index (χ3v) is 3.11. The first-order chi connectivity index (χ1) is 8.15. The first kappa shape index (κ1) is 10.5. The van der Waals surface area contributed by atoms with Crippen molar-refractivity contribution in [1.82, 2.24) is 14.6 Å². The molecule has 0 spiro atoms. The summed E-state index contributed by atoms with van der Waals surface area (Å²) in [5.41, 5.74) is 0.676. The highest BCUT2D eigenvalue weighted by Crippen LogP contribution is 2.22. The highest BCUT2D eigenvalue weighted by atomic mass is 79.9. The Balaban J connectivity index is 2.06. The topological polar surface area (TPSA) is 59.7 Å². The summed E-state index contributed by atoms with van der Waals surface area (Å²) in [6, 6.07) is 1.74. The van der Waals surface area contributed by atoms with Crippen molar-refractivity contribution in [3.8, 4) is 0 Å². The molecule has 0 N–H and O–H groups in total. The molecule has 2 aromatic heterocycles. The molecule has 0 aliphatic carbocycles. The number of halogens is 1. The minimum atomic E-state index is -0.356. The summed E-state index contributed by atoms with van der Waals surface area (Å²) in [6.07, 6.45) is 2.97. The summed E-state index contributed by atoms with van der Waals surface area (Å²) in [5.74, 6) is 0.577. The van der Waals surface area contributed by atoms with Gasteiger partial charge < -0.3 is 4.74 Å². The number of carbonyl (C=O) groups excluding carboxylic acids is 1. The number of hydrogen-bond acceptors (Lipinski definition) is 4. The summed E-state index contributed by atoms with van der Waals surface area (Å²) in [4.78, 5) is 17.5. The lowest BCUT2D eigenvalue weighted by atomic mass is 10.4. The molecule has 2 aromatic rings. The molecular weight excluding hydrogens is 288 g/mol. The predicted octanol–water partition coefficient (Wildman–Crippen LogP) is 1.84. The van der Waals surface area contributed by atoms with Crippen LogP contribution in [0, 0.1) is 0 Å². The average molecular weight is 297 g/mol. The number of fused-ring (bicyclic) bond motifs is 1. The van der Waals surface area contributed by atoms with E-state index in [4.69, 9.17) is 4.74 Å². The van der Waals surface area contributed by atoms with Gasteiger partial charge in [0.25, 0.3) is 0 Å². The second-order valence-corrected chi connectivity index (χ2v) is 4.71. The second-order valence-electron chi connectivity index (χ2n) is 3.85. The van der Waals surface area contributed by atoms with Gasteiger partial charge in [-0.25, -0.2) is 14.3 Å². The van der Waals surface area contributed by atoms with E-state index < -0.39 is 0 Å². The van der Waals surface area contributed by atoms with E-state index in [-0.39, 0.29) is 12.2 Å². The van der Waals surface area contributed by atoms with Crippen LogP contribution in [0.25, 0.3) is 5.65 Å². The predicted molar refractivity (Wildman–Crippen MR) is 64.0 cm³/mol. The van der Waals surface area contributed by atoms with Gasteiger partial charge in [0, 0.05) is 6.20 Å². The second kappa shape index (κ2) is 3.69. The van der Waals surface area contributed by atoms with Crippen LogP contribution in [0.15, 0.2) is 22.9 Å². The molecule has 0 radical (unpaired) electrons. The van der Waals surface area contributed by atoms with Gasteiger partial charge in [0.05, 0.1) is 17.2 Å². The molecule has 1 fully saturated rings. The Morgan fingerprint density at radius 1 is 1.59 bits per heavy atom. The van der Waals surface area contributed by atoms with Gasteiger partial charge in [-0.3, -0.25) is 4.90 Å². The monoisotopic (exact) mass is 296 g/mol. The number of nitrogens with zero attached hydrogens (tertiary/aromatic N) is 4. The van der Waals surface area contributed by atoms with Crippen molar-refractivity contribution in [1.29, 1.82) is 0 Å². The zero-order valence-corrected chi connectivity index (χ0v) is 10.6. The molecule has 0 bridgehead atoms. The van der Waals surface area contributed by atoms with Crippen molar-refractivity contribution in [3.63, 3.8) is 0 Å². The standard InChI is InChI=1S/C10H9BrN4O2/c1-6-5-14(10(16)17-6)8-2-3-15-9(13-8)7(11)4-12-15/h2-4,6H,5H2,1H3. The van der Waals surface area contributed by atoms with Crippen molar-refractivity contribution in [2.45, 2.75) is 13.0 Å². The molecule has 1 aliphatic heterocycles. The van der Waals surface area contributed by atoms with Crippen molar-refractivity contribution in [3.05, 3.63) is 22.9 Å². The number of hydrogen-bond donors (Lipinski definition) is 0. The highest BCUT2D eigenvalue weighted by Gasteiger charge is 2.30. The van der Waals surface area contributed by atoms with E-state index in [1.165, 1.54) is 4.90 Å². The fourth-order valence-corrected chi connectivity index (χ4v) is 2.14. The Morgan fingerprint density at radius 2 is 2.41 bits per heavy atom. The van der Waals surface area contributed by atoms with E-state index in [2.05, 4.69) is 26.0 Å². The Hall–Kier alpha value is -1.63. The Bertz CT molecular complexity index is 597. The third kappa shape index (κ3) is 1.66. The van der Waals surface area contributed by atoms with Crippen LogP contribution in [0.2, 0.25) is 0 Å². The fraction of sp³-hybridized carbons (Fsp3) is 0.300. The maximum Gasteiger partial charge on any atom is 0.415 e. The Kier molecular flexibility index (Phi) is 2.29. The van der Waals surface area contributed by atoms with E-state index in [0.29, 0.717) is 18.0 Å². The summed E-state index contributed by atoms with van der Waals surface area (Å²) in [7, 11) is 0. The van der Waals surface area contributed by atoms with E-state index >= 15 is 0 Å². The molecule has 88 valence electrons. The van der Waals surface area contributed by atoms with Crippen molar-refractivity contribution in [2.75, 3.05) is 11.4 Å². The van der Waals surface area contributed by atoms with Gasteiger partial charge in [-0.15, -0.1) is 0 Å². The molecule has 0 aromatic carbocycles. The van der Waals surface area contributed by atoms with Gasteiger partial charge in [-0.05, 0) is 28.9 Å². The molecular formula is C10H9BrN4O2. The van der Waals surface area contributed by atoms with Gasteiger partial charge >= 0.3 is 6.09 Å². The van der Waals surface area contributed by atoms with E-state index in [1.54, 1.807) is 23.0 Å². The molecule has 3 heterocycles. The lowest BCUT2D eigenvalue weighted by Crippen LogP contribution is -2.25. The molecule has 1 saturated heterocycles. The van der Waals surface area contributed by atoms with Gasteiger partial charge in [-0.1, -0.05) is 0 Å². The molecule has 7 heteroatoms. The fourth-order valence-electron chi connectivity index (χ4n) is 1.77. The van der Waals surface area contributed by atoms with Crippen LogP contribution in [-0.2, 0) is 4.74 Å². The van der Waals surface area contributed by atoms with Crippen LogP contribution < -0.4 is 4.90 Å². The number of ether oxygens (including phenoxy) is 1. The largest absolute Gasteiger partial charge is 0.444 e. The van der Waals surface area contributed by atoms with Crippen LogP contribution in [0.4, 0.5) is 10.6 Å². The van der Waals surface area contributed by atoms with Gasteiger partial charge in [-0.2, -0.15) is 5.10 Å². The number of rotatable bonds is 1. The van der Waals surface area contributed by atoms with Crippen LogP contribution in [0.3, 0.4) is 0 Å². The zero-order valence-electron chi connectivity index (χ0n) is 9.00. The Morgan fingerprint density at radius 3 is 3.12 bits per heavy atom. The van der Waals surface area contributed by atoms with Crippen LogP contribution >= 0.6 is 15.9 Å². The van der Waals surface area contributed by atoms with E-state index in [0.717, 1.165) is 4.47 Å². The quantitative estimate of drug-likeness (QED) is 0.806. The van der Waals surface area contributed by atoms with Crippen LogP contribution in [0.1, 0.15) is 6.92 Å². The molecule has 1 aliphatic rings. The smallest absolute Gasteiger partial charge is 0.415 e. The molecule has 0 saturated carbocycles. The lowest BCUT2D eigenvalue weighted by molar-refractivity contribution is 0.150. The first-order valence-corrected chi connectivity index (χ1v) is 5.92. The third-order valence-electron chi connectivity index (χ3n) is 2.55. The van der Waals surface area contributed by atoms with Gasteiger partial charge in [0.15, 0.2) is 5.65 Å². The molecule has 1 unspecified atom stereocenters. The van der Waals surface area contributed by atoms with E-state index in [9.17, 15) is 4.79 Å². The lowest BCUT2D eigenvalue weighted by Gasteiger charge is -2.11. The molecule has 1 atom stereocenters. The first-order valence-electron chi connectivity index (χ1n) is 5.13. The van der Waals surface area contributed by atoms with E-state index in [1.807, 2.05) is 6.92 Å². The normalized spacial score (nSPS) is 20.0. The summed E-state index contributed by atoms with van der Waals surface area (Å²) < 4.78 is 7.49. The van der Waals surface area contributed by atoms with Crippen molar-refractivity contribution in [2.24, 2.45) is 0 Å². The average Bonchev–Trinajstić information content (AvgIpc) is 2.83. The summed E-state index contributed by atoms with van der Waals surface area (Å²) in [5, 5.41) is 4.09. The highest BCUT2D eigenvalue weighted by molar-refractivity contribution is 9.10. The van der Waals surface area contributed by atoms with Crippen molar-refractivity contribution >= 4 is 33.5 Å². The molecule has 1 amide bonds. The molecule has 17 heavy (non-hydrogen) atoms. The van der Waals surface area contributed by atoms with Gasteiger partial charge in [0.1, 0.15) is 11.9 Å². The van der Waals surface area contributed by atoms with Crippen molar-refractivity contribution < 1.29 is 9.53 Å². The van der Waals surface area contributed by atoms with Crippen LogP contribution in [-0.4, -0.2) is 33.3 Å². The summed E-state index contributed by atoms with van der Waals surface area (Å²) >= 11 is 3.36. The Labute approximate surface area is 105 Å². The SMILES string of the molecule is CC1CN(c2ccn3ncc(Br)c3n2)C(=O)O1. The number of cyclic esters (lactones) is 1. The molecule has 6 nitrogen and oxygen atoms in total. The number of amides is 1. The maximum atomic E-state index is 11.6. The minimum Gasteiger partial charge on any atom is -0.444 e. The maximum absolute atomic E-state index is 11.6. The minimum absolute atomic E-state index is 0.103. The number of carbonyl (C=O) groups is 1. The number of anilines is 1. The molecule has 3 rings (SSSR count). The summed E-state index contributed by atoms with van der Waals surface area (Å²) in [6.45, 7) is 2.37. The van der Waals surface area contributed by atoms with Crippen LogP contribution in [0.5, 0.6) is 0 Å². The number of aromatic nitrogens is 3. The van der Waals surface area contributed by atoms with Gasteiger partial charge in [0.2, 0.25) is 0 Å².